The van der Waals surface area contributed by atoms with Crippen LogP contribution in [0, 0.1) is 0 Å². The number of morpholine rings is 1. The highest BCUT2D eigenvalue weighted by Gasteiger charge is 2.29. The minimum Gasteiger partial charge on any atom is -0.464 e. The van der Waals surface area contributed by atoms with Crippen molar-refractivity contribution in [2.45, 2.75) is 18.4 Å². The molecule has 0 spiro atoms. The normalized spacial score (nSPS) is 17.6. The first kappa shape index (κ1) is 20.9. The van der Waals surface area contributed by atoms with Gasteiger partial charge in [-0.2, -0.15) is 0 Å². The predicted molar refractivity (Wildman–Crippen MR) is 105 cm³/mol. The standard InChI is InChI=1S/C19H23BN2O7/c1-2-18(23)22-7-8-27-10-13(22)11-29-19(24)21-16(9-20(25)26)15-12-28-17-6-4-3-5-14(15)17/h2-6,12-13,16,25-26H,1,7-11H2,(H,21,24)/t13-,16-/m1/s1. The molecule has 2 amide bonds. The molecule has 1 saturated heterocycles. The van der Waals surface area contributed by atoms with Gasteiger partial charge in [0.05, 0.1) is 31.6 Å². The minimum atomic E-state index is -1.64. The van der Waals surface area contributed by atoms with Gasteiger partial charge in [-0.15, -0.1) is 0 Å². The molecule has 1 fully saturated rings. The second kappa shape index (κ2) is 9.59. The van der Waals surface area contributed by atoms with Crippen molar-refractivity contribution in [1.29, 1.82) is 0 Å². The molecule has 3 N–H and O–H groups in total. The van der Waals surface area contributed by atoms with Gasteiger partial charge in [0.25, 0.3) is 0 Å². The van der Waals surface area contributed by atoms with Crippen molar-refractivity contribution in [1.82, 2.24) is 10.2 Å². The highest BCUT2D eigenvalue weighted by molar-refractivity contribution is 6.41. The predicted octanol–water partition coefficient (Wildman–Crippen LogP) is 1.09. The fourth-order valence-corrected chi connectivity index (χ4v) is 3.30. The van der Waals surface area contributed by atoms with E-state index in [2.05, 4.69) is 11.9 Å². The summed E-state index contributed by atoms with van der Waals surface area (Å²) < 4.78 is 16.1. The van der Waals surface area contributed by atoms with Crippen LogP contribution >= 0.6 is 0 Å². The van der Waals surface area contributed by atoms with Gasteiger partial charge in [-0.25, -0.2) is 4.79 Å². The summed E-state index contributed by atoms with van der Waals surface area (Å²) >= 11 is 0. The van der Waals surface area contributed by atoms with Crippen LogP contribution in [0.4, 0.5) is 4.79 Å². The summed E-state index contributed by atoms with van der Waals surface area (Å²) in [5.41, 5.74) is 1.23. The Morgan fingerprint density at radius 3 is 2.97 bits per heavy atom. The van der Waals surface area contributed by atoms with Gasteiger partial charge in [0.2, 0.25) is 5.91 Å². The summed E-state index contributed by atoms with van der Waals surface area (Å²) in [5.74, 6) is -0.256. The molecule has 3 rings (SSSR count). The van der Waals surface area contributed by atoms with Gasteiger partial charge in [0.1, 0.15) is 12.2 Å². The maximum absolute atomic E-state index is 12.4. The topological polar surface area (TPSA) is 121 Å². The van der Waals surface area contributed by atoms with E-state index in [-0.39, 0.29) is 25.4 Å². The largest absolute Gasteiger partial charge is 0.464 e. The molecule has 2 atom stereocenters. The molecule has 1 aliphatic rings. The number of ether oxygens (including phenoxy) is 2. The number of furan rings is 1. The molecular weight excluding hydrogens is 379 g/mol. The zero-order valence-corrected chi connectivity index (χ0v) is 15.8. The van der Waals surface area contributed by atoms with Gasteiger partial charge >= 0.3 is 13.2 Å². The highest BCUT2D eigenvalue weighted by atomic mass is 16.6. The van der Waals surface area contributed by atoms with E-state index in [0.717, 1.165) is 5.39 Å². The molecule has 9 nitrogen and oxygen atoms in total. The van der Waals surface area contributed by atoms with Crippen molar-refractivity contribution < 1.29 is 33.5 Å². The summed E-state index contributed by atoms with van der Waals surface area (Å²) in [6.45, 7) is 4.46. The van der Waals surface area contributed by atoms with Crippen molar-refractivity contribution in [3.05, 3.63) is 48.7 Å². The van der Waals surface area contributed by atoms with E-state index in [4.69, 9.17) is 13.9 Å². The number of alkyl carbamates (subject to hydrolysis) is 1. The molecule has 1 aromatic heterocycles. The van der Waals surface area contributed by atoms with Crippen LogP contribution in [0.25, 0.3) is 11.0 Å². The lowest BCUT2D eigenvalue weighted by molar-refractivity contribution is -0.136. The first-order chi connectivity index (χ1) is 14.0. The third-order valence-electron chi connectivity index (χ3n) is 4.72. The quantitative estimate of drug-likeness (QED) is 0.468. The molecule has 0 radical (unpaired) electrons. The molecule has 1 aliphatic heterocycles. The van der Waals surface area contributed by atoms with Crippen molar-refractivity contribution in [3.63, 3.8) is 0 Å². The van der Waals surface area contributed by atoms with Crippen LogP contribution in [0.2, 0.25) is 6.32 Å². The monoisotopic (exact) mass is 402 g/mol. The average Bonchev–Trinajstić information content (AvgIpc) is 3.15. The van der Waals surface area contributed by atoms with Crippen LogP contribution in [-0.4, -0.2) is 66.5 Å². The molecular formula is C19H23BN2O7. The van der Waals surface area contributed by atoms with Gasteiger partial charge in [-0.1, -0.05) is 24.8 Å². The SMILES string of the molecule is C=CC(=O)N1CCOC[C@@H]1COC(=O)N[C@H](CB(O)O)c1coc2ccccc12. The number of para-hydroxylation sites is 1. The van der Waals surface area contributed by atoms with E-state index in [1.165, 1.54) is 12.3 Å². The number of amides is 2. The minimum absolute atomic E-state index is 0.0635. The first-order valence-corrected chi connectivity index (χ1v) is 9.26. The van der Waals surface area contributed by atoms with Crippen LogP contribution in [0.1, 0.15) is 11.6 Å². The summed E-state index contributed by atoms with van der Waals surface area (Å²) in [7, 11) is -1.64. The van der Waals surface area contributed by atoms with E-state index in [1.54, 1.807) is 11.0 Å². The van der Waals surface area contributed by atoms with Gasteiger partial charge in [-0.3, -0.25) is 4.79 Å². The van der Waals surface area contributed by atoms with Crippen molar-refractivity contribution >= 4 is 30.1 Å². The van der Waals surface area contributed by atoms with E-state index in [9.17, 15) is 19.6 Å². The maximum atomic E-state index is 12.4. The number of nitrogens with one attached hydrogen (secondary N) is 1. The number of hydrogen-bond donors (Lipinski definition) is 3. The second-order valence-electron chi connectivity index (χ2n) is 6.66. The Bertz CT molecular complexity index is 869. The summed E-state index contributed by atoms with van der Waals surface area (Å²) in [4.78, 5) is 25.8. The number of hydrogen-bond acceptors (Lipinski definition) is 7. The van der Waals surface area contributed by atoms with E-state index < -0.39 is 25.3 Å². The Morgan fingerprint density at radius 1 is 1.41 bits per heavy atom. The number of fused-ring (bicyclic) bond motifs is 1. The number of carbonyl (C=O) groups excluding carboxylic acids is 2. The molecule has 0 saturated carbocycles. The molecule has 0 aliphatic carbocycles. The molecule has 1 aromatic carbocycles. The Kier molecular flexibility index (Phi) is 6.92. The molecule has 2 heterocycles. The van der Waals surface area contributed by atoms with Gasteiger partial charge in [0.15, 0.2) is 0 Å². The molecule has 0 bridgehead atoms. The van der Waals surface area contributed by atoms with E-state index >= 15 is 0 Å². The maximum Gasteiger partial charge on any atom is 0.453 e. The zero-order valence-electron chi connectivity index (χ0n) is 15.8. The Labute approximate surface area is 168 Å². The van der Waals surface area contributed by atoms with Gasteiger partial charge in [-0.05, 0) is 12.1 Å². The zero-order chi connectivity index (χ0) is 20.8. The lowest BCUT2D eigenvalue weighted by Gasteiger charge is -2.34. The molecule has 10 heteroatoms. The Balaban J connectivity index is 1.66. The summed E-state index contributed by atoms with van der Waals surface area (Å²) in [5, 5.41) is 22.2. The molecule has 154 valence electrons. The summed E-state index contributed by atoms with van der Waals surface area (Å²) in [6, 6.07) is 6.07. The van der Waals surface area contributed by atoms with Crippen LogP contribution in [0.5, 0.6) is 0 Å². The average molecular weight is 402 g/mol. The smallest absolute Gasteiger partial charge is 0.453 e. The lowest BCUT2D eigenvalue weighted by atomic mass is 9.79. The van der Waals surface area contributed by atoms with Gasteiger partial charge in [0, 0.05) is 23.8 Å². The number of nitrogens with zero attached hydrogens (tertiary/aromatic N) is 1. The number of benzene rings is 1. The Morgan fingerprint density at radius 2 is 2.21 bits per heavy atom. The fraction of sp³-hybridized carbons (Fsp3) is 0.368. The third kappa shape index (κ3) is 5.17. The molecule has 29 heavy (non-hydrogen) atoms. The third-order valence-corrected chi connectivity index (χ3v) is 4.72. The van der Waals surface area contributed by atoms with Crippen LogP contribution < -0.4 is 5.32 Å². The van der Waals surface area contributed by atoms with Crippen LogP contribution in [0.3, 0.4) is 0 Å². The lowest BCUT2D eigenvalue weighted by Crippen LogP contribution is -2.51. The van der Waals surface area contributed by atoms with E-state index in [0.29, 0.717) is 24.3 Å². The van der Waals surface area contributed by atoms with Gasteiger partial charge < -0.3 is 34.2 Å². The van der Waals surface area contributed by atoms with Crippen molar-refractivity contribution in [3.8, 4) is 0 Å². The number of carbonyl (C=O) groups is 2. The molecule has 0 unspecified atom stereocenters. The van der Waals surface area contributed by atoms with Crippen LogP contribution in [-0.2, 0) is 14.3 Å². The van der Waals surface area contributed by atoms with Crippen LogP contribution in [0.15, 0.2) is 47.6 Å². The number of rotatable bonds is 7. The van der Waals surface area contributed by atoms with E-state index in [1.807, 2.05) is 18.2 Å². The fourth-order valence-electron chi connectivity index (χ4n) is 3.30. The Hall–Kier alpha value is -2.82. The second-order valence-corrected chi connectivity index (χ2v) is 6.66. The molecule has 2 aromatic rings. The first-order valence-electron chi connectivity index (χ1n) is 9.26. The highest BCUT2D eigenvalue weighted by Crippen LogP contribution is 2.29. The van der Waals surface area contributed by atoms with Crippen molar-refractivity contribution in [2.24, 2.45) is 0 Å². The van der Waals surface area contributed by atoms with Crippen molar-refractivity contribution in [2.75, 3.05) is 26.4 Å². The summed E-state index contributed by atoms with van der Waals surface area (Å²) in [6.07, 6.45) is 1.78.